The third kappa shape index (κ3) is 5.98. The number of hydrogen-bond donors (Lipinski definition) is 1. The summed E-state index contributed by atoms with van der Waals surface area (Å²) in [6, 6.07) is 1.61. The number of nitrogens with zero attached hydrogens (tertiary/aromatic N) is 2. The van der Waals surface area contributed by atoms with Gasteiger partial charge < -0.3 is 19.5 Å². The Bertz CT molecular complexity index is 707. The fourth-order valence-corrected chi connectivity index (χ4v) is 4.54. The van der Waals surface area contributed by atoms with Crippen LogP contribution < -0.4 is 5.32 Å². The summed E-state index contributed by atoms with van der Waals surface area (Å²) in [5.41, 5.74) is 0. The van der Waals surface area contributed by atoms with Crippen LogP contribution in [0.25, 0.3) is 0 Å². The summed E-state index contributed by atoms with van der Waals surface area (Å²) in [4.78, 5) is 37.8. The summed E-state index contributed by atoms with van der Waals surface area (Å²) in [6.07, 6.45) is 6.09. The molecule has 1 aliphatic carbocycles. The second-order valence-corrected chi connectivity index (χ2v) is 8.44. The number of carbonyl (C=O) groups is 3. The first-order chi connectivity index (χ1) is 13.5. The summed E-state index contributed by atoms with van der Waals surface area (Å²) in [5, 5.41) is 6.24. The van der Waals surface area contributed by atoms with Crippen LogP contribution in [0.1, 0.15) is 37.9 Å². The van der Waals surface area contributed by atoms with E-state index in [0.717, 1.165) is 37.2 Å². The zero-order valence-electron chi connectivity index (χ0n) is 16.1. The summed E-state index contributed by atoms with van der Waals surface area (Å²) in [7, 11) is 0. The normalized spacial score (nSPS) is 21.7. The van der Waals surface area contributed by atoms with E-state index in [4.69, 9.17) is 9.26 Å². The molecule has 154 valence electrons. The van der Waals surface area contributed by atoms with Crippen molar-refractivity contribution in [3.8, 4) is 0 Å². The number of thioether (sulfide) groups is 1. The van der Waals surface area contributed by atoms with E-state index in [1.807, 2.05) is 4.90 Å². The van der Waals surface area contributed by atoms with Crippen LogP contribution in [-0.4, -0.2) is 59.0 Å². The number of nitrogens with one attached hydrogen (secondary N) is 1. The van der Waals surface area contributed by atoms with Gasteiger partial charge in [-0.3, -0.25) is 14.4 Å². The lowest BCUT2D eigenvalue weighted by molar-refractivity contribution is -0.151. The van der Waals surface area contributed by atoms with Crippen LogP contribution >= 0.6 is 11.8 Å². The fourth-order valence-electron chi connectivity index (χ4n) is 3.93. The van der Waals surface area contributed by atoms with Crippen molar-refractivity contribution in [1.82, 2.24) is 10.1 Å². The predicted molar refractivity (Wildman–Crippen MR) is 105 cm³/mol. The molecular weight excluding hydrogens is 382 g/mol. The Morgan fingerprint density at radius 3 is 2.79 bits per heavy atom. The van der Waals surface area contributed by atoms with Crippen molar-refractivity contribution >= 4 is 35.4 Å². The molecule has 9 heteroatoms. The molecule has 0 bridgehead atoms. The Morgan fingerprint density at radius 2 is 2.04 bits per heavy atom. The number of aromatic nitrogens is 1. The number of esters is 1. The molecule has 2 atom stereocenters. The highest BCUT2D eigenvalue weighted by Crippen LogP contribution is 2.36. The lowest BCUT2D eigenvalue weighted by Gasteiger charge is -2.41. The number of amides is 2. The van der Waals surface area contributed by atoms with E-state index in [-0.39, 0.29) is 29.9 Å². The Hall–Kier alpha value is -2.03. The lowest BCUT2D eigenvalue weighted by atomic mass is 9.75. The maximum atomic E-state index is 12.3. The van der Waals surface area contributed by atoms with Crippen LogP contribution in [0.15, 0.2) is 10.6 Å². The number of anilines is 1. The van der Waals surface area contributed by atoms with Gasteiger partial charge in [0.2, 0.25) is 5.91 Å². The molecular formula is C19H27N3O5S. The highest BCUT2D eigenvalue weighted by atomic mass is 32.2. The maximum absolute atomic E-state index is 12.3. The number of likely N-dealkylation sites (tertiary alicyclic amines) is 1. The summed E-state index contributed by atoms with van der Waals surface area (Å²) >= 11 is 1.13. The van der Waals surface area contributed by atoms with Gasteiger partial charge in [-0.2, -0.15) is 0 Å². The molecule has 1 aromatic rings. The van der Waals surface area contributed by atoms with Crippen molar-refractivity contribution in [2.75, 3.05) is 36.5 Å². The Kier molecular flexibility index (Phi) is 7.36. The molecule has 1 N–H and O–H groups in total. The fraction of sp³-hybridized carbons (Fsp3) is 0.684. The van der Waals surface area contributed by atoms with Gasteiger partial charge in [-0.25, -0.2) is 0 Å². The topological polar surface area (TPSA) is 102 Å². The van der Waals surface area contributed by atoms with Gasteiger partial charge in [0, 0.05) is 19.2 Å². The third-order valence-electron chi connectivity index (χ3n) is 5.35. The van der Waals surface area contributed by atoms with Crippen LogP contribution in [-0.2, 0) is 19.1 Å². The number of carbonyl (C=O) groups excluding carboxylic acids is 3. The first-order valence-corrected chi connectivity index (χ1v) is 10.9. The molecule has 2 aliphatic rings. The maximum Gasteiger partial charge on any atom is 0.316 e. The van der Waals surface area contributed by atoms with E-state index in [0.29, 0.717) is 17.5 Å². The second kappa shape index (κ2) is 9.95. The number of piperidine rings is 1. The summed E-state index contributed by atoms with van der Waals surface area (Å²) < 4.78 is 9.95. The van der Waals surface area contributed by atoms with Crippen molar-refractivity contribution < 1.29 is 23.6 Å². The molecule has 1 aromatic heterocycles. The van der Waals surface area contributed by atoms with Crippen molar-refractivity contribution in [3.63, 3.8) is 0 Å². The average Bonchev–Trinajstić information content (AvgIpc) is 3.10. The number of rotatable bonds is 7. The molecule has 1 aliphatic heterocycles. The van der Waals surface area contributed by atoms with Gasteiger partial charge in [-0.1, -0.05) is 24.4 Å². The molecule has 1 saturated carbocycles. The Labute approximate surface area is 168 Å². The minimum atomic E-state index is -0.490. The van der Waals surface area contributed by atoms with Crippen LogP contribution in [0.5, 0.6) is 0 Å². The van der Waals surface area contributed by atoms with Crippen molar-refractivity contribution in [2.24, 2.45) is 11.8 Å². The van der Waals surface area contributed by atoms with E-state index in [1.165, 1.54) is 25.7 Å². The van der Waals surface area contributed by atoms with Gasteiger partial charge in [-0.05, 0) is 31.6 Å². The molecule has 0 aromatic carbocycles. The van der Waals surface area contributed by atoms with Gasteiger partial charge in [0.1, 0.15) is 5.76 Å². The van der Waals surface area contributed by atoms with Crippen molar-refractivity contribution in [1.29, 1.82) is 0 Å². The zero-order valence-corrected chi connectivity index (χ0v) is 17.0. The van der Waals surface area contributed by atoms with Crippen molar-refractivity contribution in [3.05, 3.63) is 11.8 Å². The average molecular weight is 410 g/mol. The SMILES string of the molecule is Cc1cc(NC(=O)CSCC(=O)OCC(=O)N2CC[C@@H]3CCCC[C@H]3C2)no1. The molecule has 3 rings (SSSR count). The van der Waals surface area contributed by atoms with Gasteiger partial charge in [0.25, 0.3) is 5.91 Å². The zero-order chi connectivity index (χ0) is 19.9. The highest BCUT2D eigenvalue weighted by molar-refractivity contribution is 8.00. The monoisotopic (exact) mass is 409 g/mol. The van der Waals surface area contributed by atoms with E-state index in [9.17, 15) is 14.4 Å². The quantitative estimate of drug-likeness (QED) is 0.689. The lowest BCUT2D eigenvalue weighted by Crippen LogP contribution is -2.46. The molecule has 2 amide bonds. The first-order valence-electron chi connectivity index (χ1n) is 9.75. The number of aryl methyl sites for hydroxylation is 1. The van der Waals surface area contributed by atoms with Crippen LogP contribution in [0.2, 0.25) is 0 Å². The number of fused-ring (bicyclic) bond motifs is 1. The molecule has 2 fully saturated rings. The molecule has 0 spiro atoms. The first kappa shape index (κ1) is 20.7. The predicted octanol–water partition coefficient (Wildman–Crippen LogP) is 2.24. The number of hydrogen-bond acceptors (Lipinski definition) is 7. The minimum absolute atomic E-state index is 0.0171. The van der Waals surface area contributed by atoms with Gasteiger partial charge in [0.15, 0.2) is 12.4 Å². The van der Waals surface area contributed by atoms with E-state index < -0.39 is 5.97 Å². The summed E-state index contributed by atoms with van der Waals surface area (Å²) in [6.45, 7) is 3.05. The minimum Gasteiger partial charge on any atom is -0.455 e. The van der Waals surface area contributed by atoms with E-state index >= 15 is 0 Å². The third-order valence-corrected chi connectivity index (χ3v) is 6.26. The molecule has 8 nitrogen and oxygen atoms in total. The molecule has 0 radical (unpaired) electrons. The number of ether oxygens (including phenoxy) is 1. The second-order valence-electron chi connectivity index (χ2n) is 7.46. The molecule has 1 saturated heterocycles. The molecule has 2 heterocycles. The van der Waals surface area contributed by atoms with Crippen molar-refractivity contribution in [2.45, 2.75) is 39.0 Å². The van der Waals surface area contributed by atoms with Crippen LogP contribution in [0.3, 0.4) is 0 Å². The highest BCUT2D eigenvalue weighted by Gasteiger charge is 2.33. The molecule has 28 heavy (non-hydrogen) atoms. The van der Waals surface area contributed by atoms with Crippen LogP contribution in [0, 0.1) is 18.8 Å². The Morgan fingerprint density at radius 1 is 1.25 bits per heavy atom. The van der Waals surface area contributed by atoms with Gasteiger partial charge >= 0.3 is 5.97 Å². The Balaban J connectivity index is 1.29. The van der Waals surface area contributed by atoms with Crippen LogP contribution in [0.4, 0.5) is 5.82 Å². The van der Waals surface area contributed by atoms with Gasteiger partial charge in [-0.15, -0.1) is 11.8 Å². The van der Waals surface area contributed by atoms with E-state index in [2.05, 4.69) is 10.5 Å². The standard InChI is InChI=1S/C19H27N3O5S/c1-13-8-16(21-27-13)20-17(23)11-28-12-19(25)26-10-18(24)22-7-6-14-4-2-3-5-15(14)9-22/h8,14-15H,2-7,9-12H2,1H3,(H,20,21,23)/t14-,15-/m0/s1. The van der Waals surface area contributed by atoms with Gasteiger partial charge in [0.05, 0.1) is 11.5 Å². The largest absolute Gasteiger partial charge is 0.455 e. The summed E-state index contributed by atoms with van der Waals surface area (Å²) in [5.74, 6) is 1.51. The smallest absolute Gasteiger partial charge is 0.316 e. The van der Waals surface area contributed by atoms with E-state index in [1.54, 1.807) is 13.0 Å². The molecule has 0 unspecified atom stereocenters.